The minimum Gasteiger partial charge on any atom is -0.387 e. The van der Waals surface area contributed by atoms with Gasteiger partial charge in [0.15, 0.2) is 0 Å². The molecule has 0 radical (unpaired) electrons. The van der Waals surface area contributed by atoms with Gasteiger partial charge >= 0.3 is 0 Å². The molecule has 0 aliphatic carbocycles. The van der Waals surface area contributed by atoms with Crippen molar-refractivity contribution in [1.82, 2.24) is 0 Å². The van der Waals surface area contributed by atoms with Gasteiger partial charge in [-0.15, -0.1) is 11.3 Å². The van der Waals surface area contributed by atoms with Crippen LogP contribution in [0.4, 0.5) is 0 Å². The summed E-state index contributed by atoms with van der Waals surface area (Å²) in [5.74, 6) is 0. The average molecular weight is 352 g/mol. The van der Waals surface area contributed by atoms with Crippen LogP contribution in [0.15, 0.2) is 34.1 Å². The van der Waals surface area contributed by atoms with Crippen LogP contribution in [-0.2, 0) is 6.42 Å². The minimum absolute atomic E-state index is 0.537. The van der Waals surface area contributed by atoms with Crippen molar-refractivity contribution in [3.8, 4) is 0 Å². The highest BCUT2D eigenvalue weighted by molar-refractivity contribution is 9.11. The molecule has 0 amide bonds. The summed E-state index contributed by atoms with van der Waals surface area (Å²) in [5, 5.41) is 11.4. The van der Waals surface area contributed by atoms with Crippen LogP contribution in [-0.4, -0.2) is 5.11 Å². The van der Waals surface area contributed by atoms with Crippen molar-refractivity contribution in [2.45, 2.75) is 12.5 Å². The predicted molar refractivity (Wildman–Crippen MR) is 77.1 cm³/mol. The molecule has 1 nitrogen and oxygen atoms in total. The first-order chi connectivity index (χ1) is 8.06. The number of thiophene rings is 1. The highest BCUT2D eigenvalue weighted by atomic mass is 79.9. The second-order valence-electron chi connectivity index (χ2n) is 3.62. The number of benzene rings is 1. The summed E-state index contributed by atoms with van der Waals surface area (Å²) in [6.07, 6.45) is 0.0189. The molecule has 2 rings (SSSR count). The summed E-state index contributed by atoms with van der Waals surface area (Å²) < 4.78 is 0.851. The molecule has 0 fully saturated rings. The third-order valence-electron chi connectivity index (χ3n) is 2.33. The highest BCUT2D eigenvalue weighted by Gasteiger charge is 2.13. The smallest absolute Gasteiger partial charge is 0.0923 e. The fourth-order valence-electron chi connectivity index (χ4n) is 1.47. The van der Waals surface area contributed by atoms with Crippen molar-refractivity contribution in [2.24, 2.45) is 0 Å². The first kappa shape index (κ1) is 13.4. The molecular weight excluding hydrogens is 343 g/mol. The van der Waals surface area contributed by atoms with Crippen molar-refractivity contribution < 1.29 is 5.11 Å². The normalized spacial score (nSPS) is 12.7. The van der Waals surface area contributed by atoms with Gasteiger partial charge in [-0.1, -0.05) is 35.3 Å². The van der Waals surface area contributed by atoms with Crippen LogP contribution in [0, 0.1) is 0 Å². The van der Waals surface area contributed by atoms with E-state index < -0.39 is 6.10 Å². The van der Waals surface area contributed by atoms with Crippen LogP contribution >= 0.6 is 50.5 Å². The van der Waals surface area contributed by atoms with Gasteiger partial charge in [0.05, 0.1) is 14.9 Å². The van der Waals surface area contributed by atoms with Gasteiger partial charge in [0, 0.05) is 16.3 Å². The molecule has 0 aliphatic rings. The summed E-state index contributed by atoms with van der Waals surface area (Å²) in [7, 11) is 0. The Balaban J connectivity index is 2.11. The van der Waals surface area contributed by atoms with E-state index in [1.165, 1.54) is 11.3 Å². The lowest BCUT2D eigenvalue weighted by atomic mass is 10.1. The fraction of sp³-hybridized carbons (Fsp3) is 0.167. The molecule has 90 valence electrons. The lowest BCUT2D eigenvalue weighted by Gasteiger charge is -2.08. The van der Waals surface area contributed by atoms with Crippen LogP contribution in [0.2, 0.25) is 10.0 Å². The number of halogens is 3. The van der Waals surface area contributed by atoms with Crippen LogP contribution in [0.3, 0.4) is 0 Å². The number of aliphatic hydroxyl groups is 1. The molecular formula is C12H9BrCl2OS. The minimum atomic E-state index is -0.537. The number of aliphatic hydroxyl groups excluding tert-OH is 1. The Bertz CT molecular complexity index is 490. The third kappa shape index (κ3) is 3.46. The van der Waals surface area contributed by atoms with Crippen molar-refractivity contribution in [1.29, 1.82) is 0 Å². The van der Waals surface area contributed by atoms with Crippen LogP contribution in [0.25, 0.3) is 0 Å². The van der Waals surface area contributed by atoms with Gasteiger partial charge in [-0.3, -0.25) is 0 Å². The van der Waals surface area contributed by atoms with E-state index in [0.29, 0.717) is 16.5 Å². The maximum atomic E-state index is 10.1. The molecule has 1 aromatic carbocycles. The van der Waals surface area contributed by atoms with Crippen molar-refractivity contribution >= 4 is 50.5 Å². The summed E-state index contributed by atoms with van der Waals surface area (Å²) in [6.45, 7) is 0. The molecule has 1 unspecified atom stereocenters. The molecule has 1 atom stereocenters. The quantitative estimate of drug-likeness (QED) is 0.816. The fourth-order valence-corrected chi connectivity index (χ4v) is 3.33. The van der Waals surface area contributed by atoms with Gasteiger partial charge in [0.2, 0.25) is 0 Å². The SMILES string of the molecule is OC(Cc1ccc(Cl)cc1)c1cc(Cl)c(Br)s1. The maximum absolute atomic E-state index is 10.1. The zero-order valence-electron chi connectivity index (χ0n) is 8.66. The summed E-state index contributed by atoms with van der Waals surface area (Å²) in [4.78, 5) is 0.858. The Labute approximate surface area is 122 Å². The largest absolute Gasteiger partial charge is 0.387 e. The zero-order chi connectivity index (χ0) is 12.4. The van der Waals surface area contributed by atoms with E-state index in [1.54, 1.807) is 6.07 Å². The third-order valence-corrected chi connectivity index (χ3v) is 5.16. The number of rotatable bonds is 3. The molecule has 0 saturated heterocycles. The lowest BCUT2D eigenvalue weighted by molar-refractivity contribution is 0.182. The molecule has 5 heteroatoms. The molecule has 0 spiro atoms. The van der Waals surface area contributed by atoms with E-state index in [2.05, 4.69) is 15.9 Å². The Morgan fingerprint density at radius 1 is 1.24 bits per heavy atom. The Kier molecular flexibility index (Phi) is 4.50. The zero-order valence-corrected chi connectivity index (χ0v) is 12.6. The van der Waals surface area contributed by atoms with Gasteiger partial charge in [0.1, 0.15) is 0 Å². The first-order valence-electron chi connectivity index (χ1n) is 4.93. The standard InChI is InChI=1S/C12H9BrCl2OS/c13-12-9(15)6-11(17-12)10(16)5-7-1-3-8(14)4-2-7/h1-4,6,10,16H,5H2. The van der Waals surface area contributed by atoms with Gasteiger partial charge in [-0.25, -0.2) is 0 Å². The maximum Gasteiger partial charge on any atom is 0.0923 e. The highest BCUT2D eigenvalue weighted by Crippen LogP contribution is 2.36. The lowest BCUT2D eigenvalue weighted by Crippen LogP contribution is -1.99. The molecule has 0 bridgehead atoms. The summed E-state index contributed by atoms with van der Waals surface area (Å²) in [5.41, 5.74) is 1.04. The second kappa shape index (κ2) is 5.72. The molecule has 1 N–H and O–H groups in total. The van der Waals surface area contributed by atoms with Gasteiger partial charge in [0.25, 0.3) is 0 Å². The number of hydrogen-bond acceptors (Lipinski definition) is 2. The van der Waals surface area contributed by atoms with Crippen molar-refractivity contribution in [3.63, 3.8) is 0 Å². The molecule has 0 saturated carbocycles. The number of hydrogen-bond donors (Lipinski definition) is 1. The van der Waals surface area contributed by atoms with E-state index in [9.17, 15) is 5.11 Å². The first-order valence-corrected chi connectivity index (χ1v) is 7.30. The van der Waals surface area contributed by atoms with Gasteiger partial charge in [-0.05, 0) is 39.7 Å². The van der Waals surface area contributed by atoms with Crippen LogP contribution < -0.4 is 0 Å². The van der Waals surface area contributed by atoms with Gasteiger partial charge in [-0.2, -0.15) is 0 Å². The monoisotopic (exact) mass is 350 g/mol. The van der Waals surface area contributed by atoms with Crippen LogP contribution in [0.1, 0.15) is 16.5 Å². The molecule has 17 heavy (non-hydrogen) atoms. The Hall–Kier alpha value is -0.0600. The van der Waals surface area contributed by atoms with Crippen LogP contribution in [0.5, 0.6) is 0 Å². The van der Waals surface area contributed by atoms with Crippen molar-refractivity contribution in [2.75, 3.05) is 0 Å². The van der Waals surface area contributed by atoms with E-state index in [-0.39, 0.29) is 0 Å². The summed E-state index contributed by atoms with van der Waals surface area (Å²) in [6, 6.07) is 9.25. The Morgan fingerprint density at radius 2 is 1.88 bits per heavy atom. The van der Waals surface area contributed by atoms with E-state index in [1.807, 2.05) is 24.3 Å². The topological polar surface area (TPSA) is 20.2 Å². The van der Waals surface area contributed by atoms with Gasteiger partial charge < -0.3 is 5.11 Å². The molecule has 1 aromatic heterocycles. The average Bonchev–Trinajstić information content (AvgIpc) is 2.63. The molecule has 2 aromatic rings. The second-order valence-corrected chi connectivity index (χ2v) is 6.86. The van der Waals surface area contributed by atoms with E-state index >= 15 is 0 Å². The molecule has 1 heterocycles. The summed E-state index contributed by atoms with van der Waals surface area (Å²) >= 11 is 16.5. The predicted octanol–water partition coefficient (Wildman–Crippen LogP) is 5.09. The van der Waals surface area contributed by atoms with E-state index in [0.717, 1.165) is 14.2 Å². The molecule has 0 aliphatic heterocycles. The van der Waals surface area contributed by atoms with Crippen molar-refractivity contribution in [3.05, 3.63) is 54.6 Å². The van der Waals surface area contributed by atoms with E-state index in [4.69, 9.17) is 23.2 Å². The Morgan fingerprint density at radius 3 is 2.41 bits per heavy atom.